The van der Waals surface area contributed by atoms with E-state index in [4.69, 9.17) is 0 Å². The van der Waals surface area contributed by atoms with Crippen LogP contribution in [-0.2, 0) is 27.1 Å². The molecular weight excluding hydrogens is 369 g/mol. The van der Waals surface area contributed by atoms with E-state index in [0.29, 0.717) is 38.0 Å². The van der Waals surface area contributed by atoms with E-state index in [1.807, 2.05) is 12.1 Å². The molecule has 2 heterocycles. The summed E-state index contributed by atoms with van der Waals surface area (Å²) in [5.41, 5.74) is 1.52. The molecule has 0 spiro atoms. The summed E-state index contributed by atoms with van der Waals surface area (Å²) in [6.07, 6.45) is 4.33. The number of hydrogen-bond acceptors (Lipinski definition) is 4. The third-order valence-electron chi connectivity index (χ3n) is 4.70. The Bertz CT molecular complexity index is 865. The predicted octanol–water partition coefficient (Wildman–Crippen LogP) is 2.08. The van der Waals surface area contributed by atoms with Gasteiger partial charge in [0.1, 0.15) is 5.82 Å². The number of amides is 1. The molecular formula is C19H22FN3O3S. The van der Waals surface area contributed by atoms with Gasteiger partial charge in [-0.1, -0.05) is 12.1 Å². The molecule has 1 N–H and O–H groups in total. The van der Waals surface area contributed by atoms with Crippen molar-refractivity contribution < 1.29 is 17.6 Å². The normalized spacial score (nSPS) is 16.2. The molecule has 144 valence electrons. The number of benzene rings is 1. The average Bonchev–Trinajstić information content (AvgIpc) is 2.69. The zero-order chi connectivity index (χ0) is 19.3. The van der Waals surface area contributed by atoms with Crippen LogP contribution >= 0.6 is 0 Å². The number of sulfonamides is 1. The maximum absolute atomic E-state index is 13.0. The second-order valence-corrected chi connectivity index (χ2v) is 8.60. The van der Waals surface area contributed by atoms with Crippen molar-refractivity contribution in [2.24, 2.45) is 5.92 Å². The van der Waals surface area contributed by atoms with Crippen LogP contribution in [0.1, 0.15) is 24.0 Å². The van der Waals surface area contributed by atoms with Gasteiger partial charge in [0.25, 0.3) is 0 Å². The van der Waals surface area contributed by atoms with Gasteiger partial charge in [0.2, 0.25) is 15.9 Å². The van der Waals surface area contributed by atoms with Crippen molar-refractivity contribution in [1.82, 2.24) is 14.6 Å². The van der Waals surface area contributed by atoms with Crippen molar-refractivity contribution in [2.45, 2.75) is 25.1 Å². The van der Waals surface area contributed by atoms with Crippen LogP contribution in [0.25, 0.3) is 0 Å². The number of hydrogen-bond donors (Lipinski definition) is 1. The fraction of sp³-hybridized carbons (Fsp3) is 0.368. The minimum atomic E-state index is -3.48. The van der Waals surface area contributed by atoms with E-state index in [-0.39, 0.29) is 17.6 Å². The van der Waals surface area contributed by atoms with E-state index in [9.17, 15) is 17.6 Å². The zero-order valence-corrected chi connectivity index (χ0v) is 15.7. The molecule has 1 aliphatic heterocycles. The number of nitrogens with zero attached hydrogens (tertiary/aromatic N) is 2. The molecule has 1 saturated heterocycles. The summed E-state index contributed by atoms with van der Waals surface area (Å²) in [6, 6.07) is 9.14. The summed E-state index contributed by atoms with van der Waals surface area (Å²) < 4.78 is 39.5. The quantitative estimate of drug-likeness (QED) is 0.818. The summed E-state index contributed by atoms with van der Waals surface area (Å²) in [6.45, 7) is 1.07. The lowest BCUT2D eigenvalue weighted by molar-refractivity contribution is -0.126. The first-order valence-electron chi connectivity index (χ1n) is 8.83. The number of halogens is 1. The minimum absolute atomic E-state index is 0.0533. The molecule has 0 aliphatic carbocycles. The average molecular weight is 391 g/mol. The number of nitrogens with one attached hydrogen (secondary N) is 1. The number of pyridine rings is 1. The van der Waals surface area contributed by atoms with Crippen molar-refractivity contribution in [3.8, 4) is 0 Å². The first-order valence-corrected chi connectivity index (χ1v) is 10.4. The third-order valence-corrected chi connectivity index (χ3v) is 6.55. The molecule has 2 aromatic rings. The Kier molecular flexibility index (Phi) is 6.18. The largest absolute Gasteiger partial charge is 0.352 e. The monoisotopic (exact) mass is 391 g/mol. The Hall–Kier alpha value is -2.32. The van der Waals surface area contributed by atoms with E-state index in [1.54, 1.807) is 12.4 Å². The Morgan fingerprint density at radius 1 is 1.07 bits per heavy atom. The summed E-state index contributed by atoms with van der Waals surface area (Å²) in [5.74, 6) is -0.798. The fourth-order valence-corrected chi connectivity index (χ4v) is 4.68. The molecule has 1 fully saturated rings. The number of aromatic nitrogens is 1. The van der Waals surface area contributed by atoms with Crippen molar-refractivity contribution >= 4 is 15.9 Å². The summed E-state index contributed by atoms with van der Waals surface area (Å²) >= 11 is 0. The molecule has 6 nitrogen and oxygen atoms in total. The van der Waals surface area contributed by atoms with Crippen LogP contribution in [0.5, 0.6) is 0 Å². The van der Waals surface area contributed by atoms with Crippen molar-refractivity contribution in [3.63, 3.8) is 0 Å². The first-order chi connectivity index (χ1) is 12.9. The Morgan fingerprint density at radius 3 is 2.33 bits per heavy atom. The molecule has 3 rings (SSSR count). The van der Waals surface area contributed by atoms with Crippen LogP contribution in [-0.4, -0.2) is 36.7 Å². The summed E-state index contributed by atoms with van der Waals surface area (Å²) in [7, 11) is -3.48. The number of carbonyl (C=O) groups is 1. The summed E-state index contributed by atoms with van der Waals surface area (Å²) in [4.78, 5) is 16.3. The minimum Gasteiger partial charge on any atom is -0.352 e. The third kappa shape index (κ3) is 5.33. The van der Waals surface area contributed by atoms with Crippen LogP contribution in [0, 0.1) is 11.7 Å². The first kappa shape index (κ1) is 19.4. The highest BCUT2D eigenvalue weighted by Crippen LogP contribution is 2.22. The number of carbonyl (C=O) groups excluding carboxylic acids is 1. The van der Waals surface area contributed by atoms with E-state index < -0.39 is 15.8 Å². The second kappa shape index (κ2) is 8.58. The van der Waals surface area contributed by atoms with Gasteiger partial charge in [0.15, 0.2) is 0 Å². The topological polar surface area (TPSA) is 79.4 Å². The lowest BCUT2D eigenvalue weighted by atomic mass is 9.97. The van der Waals surface area contributed by atoms with Gasteiger partial charge in [-0.2, -0.15) is 0 Å². The van der Waals surface area contributed by atoms with Gasteiger partial charge in [0.05, 0.1) is 5.75 Å². The van der Waals surface area contributed by atoms with Crippen LogP contribution in [0.15, 0.2) is 48.8 Å². The van der Waals surface area contributed by atoms with Gasteiger partial charge >= 0.3 is 0 Å². The standard InChI is InChI=1S/C19H22FN3O3S/c20-18-3-1-16(2-4-18)14-27(25,26)23-11-7-17(8-12-23)19(24)22-13-15-5-9-21-10-6-15/h1-6,9-10,17H,7-8,11-14H2,(H,22,24). The van der Waals surface area contributed by atoms with Gasteiger partial charge in [-0.25, -0.2) is 17.1 Å². The van der Waals surface area contributed by atoms with Gasteiger partial charge in [-0.3, -0.25) is 9.78 Å². The highest BCUT2D eigenvalue weighted by molar-refractivity contribution is 7.88. The number of piperidine rings is 1. The van der Waals surface area contributed by atoms with Crippen LogP contribution in [0.2, 0.25) is 0 Å². The molecule has 0 saturated carbocycles. The summed E-state index contributed by atoms with van der Waals surface area (Å²) in [5, 5.41) is 2.90. The lowest BCUT2D eigenvalue weighted by Crippen LogP contribution is -2.43. The van der Waals surface area contributed by atoms with E-state index in [2.05, 4.69) is 10.3 Å². The fourth-order valence-electron chi connectivity index (χ4n) is 3.11. The zero-order valence-electron chi connectivity index (χ0n) is 14.8. The lowest BCUT2D eigenvalue weighted by Gasteiger charge is -2.30. The van der Waals surface area contributed by atoms with E-state index >= 15 is 0 Å². The molecule has 27 heavy (non-hydrogen) atoms. The molecule has 0 atom stereocenters. The molecule has 1 aliphatic rings. The van der Waals surface area contributed by atoms with E-state index in [1.165, 1.54) is 28.6 Å². The highest BCUT2D eigenvalue weighted by atomic mass is 32.2. The smallest absolute Gasteiger partial charge is 0.223 e. The van der Waals surface area contributed by atoms with Crippen molar-refractivity contribution in [1.29, 1.82) is 0 Å². The molecule has 0 radical (unpaired) electrons. The predicted molar refractivity (Wildman–Crippen MR) is 99.4 cm³/mol. The molecule has 8 heteroatoms. The second-order valence-electron chi connectivity index (χ2n) is 6.63. The SMILES string of the molecule is O=C(NCc1ccncc1)C1CCN(S(=O)(=O)Cc2ccc(F)cc2)CC1. The Balaban J connectivity index is 1.50. The number of rotatable bonds is 6. The molecule has 0 bridgehead atoms. The molecule has 1 amide bonds. The van der Waals surface area contributed by atoms with Crippen LogP contribution < -0.4 is 5.32 Å². The van der Waals surface area contributed by atoms with Crippen molar-refractivity contribution in [3.05, 3.63) is 65.7 Å². The Labute approximate surface area is 158 Å². The van der Waals surface area contributed by atoms with Gasteiger partial charge in [0, 0.05) is 37.9 Å². The molecule has 0 unspecified atom stereocenters. The van der Waals surface area contributed by atoms with Crippen LogP contribution in [0.3, 0.4) is 0 Å². The maximum atomic E-state index is 13.0. The maximum Gasteiger partial charge on any atom is 0.223 e. The van der Waals surface area contributed by atoms with E-state index in [0.717, 1.165) is 5.56 Å². The van der Waals surface area contributed by atoms with Gasteiger partial charge in [-0.05, 0) is 48.2 Å². The molecule has 1 aromatic carbocycles. The molecule has 1 aromatic heterocycles. The Morgan fingerprint density at radius 2 is 1.70 bits per heavy atom. The van der Waals surface area contributed by atoms with Gasteiger partial charge in [-0.15, -0.1) is 0 Å². The van der Waals surface area contributed by atoms with Gasteiger partial charge < -0.3 is 5.32 Å². The van der Waals surface area contributed by atoms with Crippen molar-refractivity contribution in [2.75, 3.05) is 13.1 Å². The van der Waals surface area contributed by atoms with Crippen LogP contribution in [0.4, 0.5) is 4.39 Å². The highest BCUT2D eigenvalue weighted by Gasteiger charge is 2.31.